The Bertz CT molecular complexity index is 479. The molecule has 0 fully saturated rings. The van der Waals surface area contributed by atoms with Crippen molar-refractivity contribution in [3.05, 3.63) is 47.0 Å². The van der Waals surface area contributed by atoms with Crippen LogP contribution in [-0.4, -0.2) is 17.0 Å². The molecule has 84 valence electrons. The van der Waals surface area contributed by atoms with Crippen LogP contribution >= 0.6 is 11.6 Å². The lowest BCUT2D eigenvalue weighted by molar-refractivity contribution is 0.885. The lowest BCUT2D eigenvalue weighted by atomic mass is 10.2. The average Bonchev–Trinajstić information content (AvgIpc) is 2.64. The number of nitrogens with one attached hydrogen (secondary N) is 1. The van der Waals surface area contributed by atoms with Crippen LogP contribution in [0.4, 0.5) is 5.69 Å². The van der Waals surface area contributed by atoms with Gasteiger partial charge < -0.3 is 9.88 Å². The van der Waals surface area contributed by atoms with Gasteiger partial charge in [-0.3, -0.25) is 0 Å². The maximum Gasteiger partial charge on any atom is 0.0925 e. The fourth-order valence-electron chi connectivity index (χ4n) is 1.58. The van der Waals surface area contributed by atoms with Crippen LogP contribution in [0.5, 0.6) is 0 Å². The summed E-state index contributed by atoms with van der Waals surface area (Å²) in [5, 5.41) is 0.753. The molecule has 0 bridgehead atoms. The summed E-state index contributed by atoms with van der Waals surface area (Å²) in [5.74, 6) is 0. The van der Waals surface area contributed by atoms with Gasteiger partial charge in [0.25, 0.3) is 0 Å². The summed E-state index contributed by atoms with van der Waals surface area (Å²) >= 11 is 5.95. The van der Waals surface area contributed by atoms with Gasteiger partial charge in [-0.2, -0.15) is 0 Å². The van der Waals surface area contributed by atoms with Gasteiger partial charge in [-0.05, 0) is 25.1 Å². The Labute approximate surface area is 100 Å². The molecular formula is C12H14ClN3. The largest absolute Gasteiger partial charge is 0.369 e. The summed E-state index contributed by atoms with van der Waals surface area (Å²) in [6.07, 6.45) is 1.72. The van der Waals surface area contributed by atoms with Crippen LogP contribution in [0.25, 0.3) is 0 Å². The fourth-order valence-corrected chi connectivity index (χ4v) is 1.76. The number of nitrogens with zero attached hydrogens (tertiary/aromatic N) is 2. The zero-order valence-electron chi connectivity index (χ0n) is 9.37. The third kappa shape index (κ3) is 2.36. The summed E-state index contributed by atoms with van der Waals surface area (Å²) < 4.78 is 0. The maximum atomic E-state index is 5.95. The highest BCUT2D eigenvalue weighted by Crippen LogP contribution is 2.19. The number of hydrogen-bond donors (Lipinski definition) is 1. The molecule has 2 rings (SSSR count). The predicted octanol–water partition coefficient (Wildman–Crippen LogP) is 3.01. The maximum absolute atomic E-state index is 5.95. The normalized spacial score (nSPS) is 10.4. The van der Waals surface area contributed by atoms with E-state index in [1.165, 1.54) is 0 Å². The number of imidazole rings is 1. The summed E-state index contributed by atoms with van der Waals surface area (Å²) in [5.41, 5.74) is 3.26. The Kier molecular flexibility index (Phi) is 3.15. The van der Waals surface area contributed by atoms with Gasteiger partial charge >= 0.3 is 0 Å². The monoisotopic (exact) mass is 235 g/mol. The van der Waals surface area contributed by atoms with Crippen LogP contribution in [0.2, 0.25) is 5.02 Å². The minimum atomic E-state index is 0.753. The van der Waals surface area contributed by atoms with Crippen LogP contribution in [0.15, 0.2) is 30.6 Å². The lowest BCUT2D eigenvalue weighted by Crippen LogP contribution is -2.17. The van der Waals surface area contributed by atoms with E-state index in [9.17, 15) is 0 Å². The molecule has 0 spiro atoms. The fraction of sp³-hybridized carbons (Fsp3) is 0.250. The van der Waals surface area contributed by atoms with Crippen molar-refractivity contribution in [2.75, 3.05) is 11.9 Å². The van der Waals surface area contributed by atoms with Crippen molar-refractivity contribution >= 4 is 17.3 Å². The Morgan fingerprint density at radius 1 is 1.44 bits per heavy atom. The smallest absolute Gasteiger partial charge is 0.0925 e. The third-order valence-corrected chi connectivity index (χ3v) is 2.81. The van der Waals surface area contributed by atoms with Crippen LogP contribution < -0.4 is 4.90 Å². The summed E-state index contributed by atoms with van der Waals surface area (Å²) in [6.45, 7) is 2.80. The van der Waals surface area contributed by atoms with Crippen molar-refractivity contribution in [3.63, 3.8) is 0 Å². The Hall–Kier alpha value is -1.48. The van der Waals surface area contributed by atoms with Crippen LogP contribution in [0.3, 0.4) is 0 Å². The molecule has 1 heterocycles. The van der Waals surface area contributed by atoms with Crippen LogP contribution in [-0.2, 0) is 6.54 Å². The number of aromatic amines is 1. The second-order valence-electron chi connectivity index (χ2n) is 3.81. The molecule has 0 unspecified atom stereocenters. The molecule has 0 atom stereocenters. The topological polar surface area (TPSA) is 31.9 Å². The number of H-pyrrole nitrogens is 1. The SMILES string of the molecule is Cc1[nH]cnc1CN(C)c1cccc(Cl)c1. The van der Waals surface area contributed by atoms with E-state index in [1.54, 1.807) is 6.33 Å². The highest BCUT2D eigenvalue weighted by molar-refractivity contribution is 6.30. The van der Waals surface area contributed by atoms with Gasteiger partial charge in [0.05, 0.1) is 18.6 Å². The van der Waals surface area contributed by atoms with E-state index in [0.29, 0.717) is 0 Å². The molecule has 0 saturated carbocycles. The second-order valence-corrected chi connectivity index (χ2v) is 4.25. The van der Waals surface area contributed by atoms with Crippen molar-refractivity contribution in [2.24, 2.45) is 0 Å². The molecule has 16 heavy (non-hydrogen) atoms. The Morgan fingerprint density at radius 3 is 2.88 bits per heavy atom. The molecule has 1 aromatic carbocycles. The summed E-state index contributed by atoms with van der Waals surface area (Å²) in [7, 11) is 2.03. The van der Waals surface area contributed by atoms with Crippen LogP contribution in [0.1, 0.15) is 11.4 Å². The molecule has 0 aliphatic rings. The van der Waals surface area contributed by atoms with Gasteiger partial charge in [0, 0.05) is 23.5 Å². The van der Waals surface area contributed by atoms with Gasteiger partial charge in [-0.15, -0.1) is 0 Å². The zero-order chi connectivity index (χ0) is 11.5. The quantitative estimate of drug-likeness (QED) is 0.887. The van der Waals surface area contributed by atoms with E-state index >= 15 is 0 Å². The second kappa shape index (κ2) is 4.58. The van der Waals surface area contributed by atoms with E-state index < -0.39 is 0 Å². The minimum absolute atomic E-state index is 0.753. The van der Waals surface area contributed by atoms with Gasteiger partial charge in [0.15, 0.2) is 0 Å². The average molecular weight is 236 g/mol. The van der Waals surface area contributed by atoms with Gasteiger partial charge in [-0.1, -0.05) is 17.7 Å². The number of aromatic nitrogens is 2. The molecule has 1 aromatic heterocycles. The highest BCUT2D eigenvalue weighted by Gasteiger charge is 2.06. The third-order valence-electron chi connectivity index (χ3n) is 2.57. The van der Waals surface area contributed by atoms with E-state index in [-0.39, 0.29) is 0 Å². The van der Waals surface area contributed by atoms with E-state index in [4.69, 9.17) is 11.6 Å². The van der Waals surface area contributed by atoms with Crippen molar-refractivity contribution < 1.29 is 0 Å². The Morgan fingerprint density at radius 2 is 2.25 bits per heavy atom. The molecule has 0 saturated heterocycles. The molecule has 0 radical (unpaired) electrons. The van der Waals surface area contributed by atoms with E-state index in [2.05, 4.69) is 14.9 Å². The molecule has 0 amide bonds. The first kappa shape index (κ1) is 11.0. The molecule has 0 aliphatic carbocycles. The zero-order valence-corrected chi connectivity index (χ0v) is 10.1. The number of aryl methyl sites for hydroxylation is 1. The number of anilines is 1. The number of hydrogen-bond acceptors (Lipinski definition) is 2. The first-order chi connectivity index (χ1) is 7.66. The van der Waals surface area contributed by atoms with E-state index in [0.717, 1.165) is 28.6 Å². The lowest BCUT2D eigenvalue weighted by Gasteiger charge is -2.18. The highest BCUT2D eigenvalue weighted by atomic mass is 35.5. The van der Waals surface area contributed by atoms with E-state index in [1.807, 2.05) is 38.2 Å². The van der Waals surface area contributed by atoms with Crippen LogP contribution in [0, 0.1) is 6.92 Å². The van der Waals surface area contributed by atoms with Gasteiger partial charge in [0.1, 0.15) is 0 Å². The van der Waals surface area contributed by atoms with Crippen molar-refractivity contribution in [1.82, 2.24) is 9.97 Å². The molecule has 2 aromatic rings. The summed E-state index contributed by atoms with van der Waals surface area (Å²) in [6, 6.07) is 7.81. The first-order valence-corrected chi connectivity index (χ1v) is 5.50. The van der Waals surface area contributed by atoms with Gasteiger partial charge in [-0.25, -0.2) is 4.98 Å². The Balaban J connectivity index is 2.14. The van der Waals surface area contributed by atoms with Crippen molar-refractivity contribution in [3.8, 4) is 0 Å². The number of benzene rings is 1. The molecule has 0 aliphatic heterocycles. The van der Waals surface area contributed by atoms with Crippen molar-refractivity contribution in [1.29, 1.82) is 0 Å². The molecule has 4 heteroatoms. The van der Waals surface area contributed by atoms with Gasteiger partial charge in [0.2, 0.25) is 0 Å². The standard InChI is InChI=1S/C12H14ClN3/c1-9-12(15-8-14-9)7-16(2)11-5-3-4-10(13)6-11/h3-6,8H,7H2,1-2H3,(H,14,15). The first-order valence-electron chi connectivity index (χ1n) is 5.12. The number of halogens is 1. The predicted molar refractivity (Wildman–Crippen MR) is 66.9 cm³/mol. The minimum Gasteiger partial charge on any atom is -0.369 e. The summed E-state index contributed by atoms with van der Waals surface area (Å²) in [4.78, 5) is 9.47. The molecule has 1 N–H and O–H groups in total. The molecular weight excluding hydrogens is 222 g/mol. The van der Waals surface area contributed by atoms with Crippen molar-refractivity contribution in [2.45, 2.75) is 13.5 Å². The number of rotatable bonds is 3. The molecule has 3 nitrogen and oxygen atoms in total.